The fraction of sp³-hybridized carbons (Fsp3) is 0.235. The van der Waals surface area contributed by atoms with E-state index in [-0.39, 0.29) is 28.2 Å². The third-order valence-electron chi connectivity index (χ3n) is 3.29. The number of carbonyl (C=O) groups excluding carboxylic acids is 1. The molecule has 0 aliphatic carbocycles. The van der Waals surface area contributed by atoms with Gasteiger partial charge in [0.25, 0.3) is 5.56 Å². The first-order valence-corrected chi connectivity index (χ1v) is 8.41. The van der Waals surface area contributed by atoms with E-state index in [0.29, 0.717) is 16.8 Å². The normalized spacial score (nSPS) is 12.4. The summed E-state index contributed by atoms with van der Waals surface area (Å²) in [4.78, 5) is 24.4. The molecule has 0 radical (unpaired) electrons. The Morgan fingerprint density at radius 1 is 1.44 bits per heavy atom. The van der Waals surface area contributed by atoms with Crippen LogP contribution in [0, 0.1) is 11.3 Å². The number of hydrogen-bond acceptors (Lipinski definition) is 7. The Labute approximate surface area is 147 Å². The number of carbonyl (C=O) groups is 1. The second-order valence-corrected chi connectivity index (χ2v) is 5.86. The van der Waals surface area contributed by atoms with E-state index < -0.39 is 5.97 Å². The van der Waals surface area contributed by atoms with Gasteiger partial charge in [0.15, 0.2) is 5.57 Å². The molecule has 0 aliphatic rings. The number of anilines is 1. The van der Waals surface area contributed by atoms with E-state index in [0.717, 1.165) is 11.3 Å². The Morgan fingerprint density at radius 3 is 2.76 bits per heavy atom. The van der Waals surface area contributed by atoms with Gasteiger partial charge >= 0.3 is 5.97 Å². The summed E-state index contributed by atoms with van der Waals surface area (Å²) >= 11 is 1.01. The minimum atomic E-state index is -0.756. The maximum absolute atomic E-state index is 12.5. The first-order valence-electron chi connectivity index (χ1n) is 7.59. The standard InChI is InChI=1S/C17H17N3O4S/c1-3-20-15(22)14(10-19-12-7-5-6-8-13(12)21)25-16(20)11(9-18)17(23)24-4-2/h5-8,10,19,21H,3-4H2,1-2H3/b14-10+,16-11+. The molecule has 25 heavy (non-hydrogen) atoms. The quantitative estimate of drug-likeness (QED) is 0.602. The Bertz CT molecular complexity index is 998. The molecular formula is C17H17N3O4S. The number of benzene rings is 1. The van der Waals surface area contributed by atoms with Crippen molar-refractivity contribution in [3.63, 3.8) is 0 Å². The summed E-state index contributed by atoms with van der Waals surface area (Å²) < 4.78 is 6.77. The van der Waals surface area contributed by atoms with Crippen LogP contribution in [0.5, 0.6) is 5.75 Å². The molecule has 0 atom stereocenters. The Morgan fingerprint density at radius 2 is 2.16 bits per heavy atom. The third-order valence-corrected chi connectivity index (χ3v) is 4.42. The molecule has 0 spiro atoms. The highest BCUT2D eigenvalue weighted by Gasteiger charge is 2.16. The van der Waals surface area contributed by atoms with Crippen LogP contribution in [0.4, 0.5) is 5.69 Å². The van der Waals surface area contributed by atoms with Gasteiger partial charge in [-0.25, -0.2) is 4.79 Å². The molecule has 130 valence electrons. The number of esters is 1. The summed E-state index contributed by atoms with van der Waals surface area (Å²) in [5.41, 5.74) is -0.0924. The molecule has 7 nitrogen and oxygen atoms in total. The zero-order chi connectivity index (χ0) is 18.4. The summed E-state index contributed by atoms with van der Waals surface area (Å²) in [5, 5.41) is 21.9. The minimum Gasteiger partial charge on any atom is -0.506 e. The van der Waals surface area contributed by atoms with Crippen LogP contribution >= 0.6 is 11.3 Å². The Kier molecular flexibility index (Phi) is 5.98. The summed E-state index contributed by atoms with van der Waals surface area (Å²) in [6.07, 6.45) is 1.44. The number of rotatable bonds is 5. The van der Waals surface area contributed by atoms with Crippen molar-refractivity contribution in [1.82, 2.24) is 4.57 Å². The topological polar surface area (TPSA) is 104 Å². The third kappa shape index (κ3) is 3.89. The first kappa shape index (κ1) is 18.3. The second-order valence-electron chi connectivity index (χ2n) is 4.83. The molecule has 1 aromatic carbocycles. The van der Waals surface area contributed by atoms with E-state index >= 15 is 0 Å². The van der Waals surface area contributed by atoms with Gasteiger partial charge in [0.2, 0.25) is 0 Å². The lowest BCUT2D eigenvalue weighted by Gasteiger charge is -2.01. The molecule has 8 heteroatoms. The fourth-order valence-electron chi connectivity index (χ4n) is 2.12. The molecule has 0 unspecified atom stereocenters. The van der Waals surface area contributed by atoms with Crippen LogP contribution in [0.15, 0.2) is 29.1 Å². The highest BCUT2D eigenvalue weighted by atomic mass is 32.1. The second kappa shape index (κ2) is 8.17. The number of phenols is 1. The molecule has 1 aromatic heterocycles. The number of nitrogens with one attached hydrogen (secondary N) is 1. The van der Waals surface area contributed by atoms with E-state index in [1.165, 1.54) is 16.8 Å². The van der Waals surface area contributed by atoms with Gasteiger partial charge in [0.1, 0.15) is 21.0 Å². The van der Waals surface area contributed by atoms with E-state index in [1.54, 1.807) is 32.0 Å². The van der Waals surface area contributed by atoms with E-state index in [9.17, 15) is 20.0 Å². The predicted molar refractivity (Wildman–Crippen MR) is 95.4 cm³/mol. The van der Waals surface area contributed by atoms with Crippen molar-refractivity contribution in [2.45, 2.75) is 20.4 Å². The lowest BCUT2D eigenvalue weighted by molar-refractivity contribution is -0.136. The maximum atomic E-state index is 12.5. The monoisotopic (exact) mass is 359 g/mol. The molecule has 2 aromatic rings. The van der Waals surface area contributed by atoms with Gasteiger partial charge < -0.3 is 15.2 Å². The van der Waals surface area contributed by atoms with Crippen molar-refractivity contribution >= 4 is 34.8 Å². The van der Waals surface area contributed by atoms with Gasteiger partial charge in [-0.3, -0.25) is 9.36 Å². The molecule has 2 N–H and O–H groups in total. The van der Waals surface area contributed by atoms with Gasteiger partial charge in [-0.05, 0) is 26.0 Å². The fourth-order valence-corrected chi connectivity index (χ4v) is 3.19. The minimum absolute atomic E-state index is 0.0437. The van der Waals surface area contributed by atoms with Crippen molar-refractivity contribution in [3.05, 3.63) is 43.8 Å². The summed E-state index contributed by atoms with van der Waals surface area (Å²) in [6, 6.07) is 8.41. The number of phenolic OH excluding ortho intramolecular Hbond substituents is 1. The SMILES string of the molecule is CCOC(=O)/C(C#N)=c1/s/c(=C/Nc2ccccc2O)c(=O)n1CC. The molecule has 1 heterocycles. The number of nitrogens with zero attached hydrogens (tertiary/aromatic N) is 2. The average Bonchev–Trinajstić information content (AvgIpc) is 2.91. The molecule has 0 aliphatic heterocycles. The zero-order valence-electron chi connectivity index (χ0n) is 13.8. The number of thiazole rings is 1. The number of aromatic nitrogens is 1. The van der Waals surface area contributed by atoms with Crippen molar-refractivity contribution in [3.8, 4) is 11.8 Å². The van der Waals surface area contributed by atoms with Crippen LogP contribution in [-0.4, -0.2) is 22.2 Å². The predicted octanol–water partition coefficient (Wildman–Crippen LogP) is 0.723. The van der Waals surface area contributed by atoms with Crippen molar-refractivity contribution < 1.29 is 14.6 Å². The van der Waals surface area contributed by atoms with Gasteiger partial charge in [0.05, 0.1) is 12.3 Å². The van der Waals surface area contributed by atoms with Crippen molar-refractivity contribution in [1.29, 1.82) is 5.26 Å². The van der Waals surface area contributed by atoms with E-state index in [1.807, 2.05) is 6.07 Å². The van der Waals surface area contributed by atoms with E-state index in [4.69, 9.17) is 4.74 Å². The summed E-state index contributed by atoms with van der Waals surface area (Å²) in [7, 11) is 0. The number of ether oxygens (including phenoxy) is 1. The summed E-state index contributed by atoms with van der Waals surface area (Å²) in [5.74, 6) is -0.712. The molecular weight excluding hydrogens is 342 g/mol. The summed E-state index contributed by atoms with van der Waals surface area (Å²) in [6.45, 7) is 3.83. The van der Waals surface area contributed by atoms with Crippen LogP contribution in [0.25, 0.3) is 11.8 Å². The number of hydrogen-bond donors (Lipinski definition) is 2. The van der Waals surface area contributed by atoms with Crippen molar-refractivity contribution in [2.24, 2.45) is 0 Å². The highest BCUT2D eigenvalue weighted by molar-refractivity contribution is 7.07. The van der Waals surface area contributed by atoms with Crippen molar-refractivity contribution in [2.75, 3.05) is 11.9 Å². The van der Waals surface area contributed by atoms with Gasteiger partial charge in [0, 0.05) is 12.7 Å². The van der Waals surface area contributed by atoms with Gasteiger partial charge in [-0.2, -0.15) is 5.26 Å². The molecule has 2 rings (SSSR count). The van der Waals surface area contributed by atoms with Crippen LogP contribution in [0.3, 0.4) is 0 Å². The van der Waals surface area contributed by atoms with Crippen LogP contribution < -0.4 is 20.1 Å². The number of aromatic hydroxyl groups is 1. The molecule has 0 amide bonds. The van der Waals surface area contributed by atoms with Gasteiger partial charge in [-0.1, -0.05) is 12.1 Å². The smallest absolute Gasteiger partial charge is 0.351 e. The first-order chi connectivity index (χ1) is 12.0. The molecule has 0 fully saturated rings. The van der Waals surface area contributed by atoms with Gasteiger partial charge in [-0.15, -0.1) is 11.3 Å². The zero-order valence-corrected chi connectivity index (χ0v) is 14.6. The number of nitriles is 1. The Hall–Kier alpha value is -3.05. The lowest BCUT2D eigenvalue weighted by Crippen LogP contribution is -2.32. The highest BCUT2D eigenvalue weighted by Crippen LogP contribution is 2.21. The molecule has 0 saturated heterocycles. The van der Waals surface area contributed by atoms with Crippen LogP contribution in [-0.2, 0) is 16.1 Å². The number of para-hydroxylation sites is 2. The van der Waals surface area contributed by atoms with Crippen LogP contribution in [0.2, 0.25) is 0 Å². The van der Waals surface area contributed by atoms with E-state index in [2.05, 4.69) is 5.32 Å². The Balaban J connectivity index is 2.60. The molecule has 0 bridgehead atoms. The maximum Gasteiger partial charge on any atom is 0.351 e. The van der Waals surface area contributed by atoms with Crippen LogP contribution in [0.1, 0.15) is 13.8 Å². The largest absolute Gasteiger partial charge is 0.506 e. The average molecular weight is 359 g/mol. The lowest BCUT2D eigenvalue weighted by atomic mass is 10.3. The molecule has 0 saturated carbocycles.